The van der Waals surface area contributed by atoms with E-state index in [-0.39, 0.29) is 0 Å². The lowest BCUT2D eigenvalue weighted by Gasteiger charge is -2.31. The van der Waals surface area contributed by atoms with Crippen LogP contribution in [0, 0.1) is 5.92 Å². The van der Waals surface area contributed by atoms with Crippen LogP contribution < -0.4 is 10.0 Å². The van der Waals surface area contributed by atoms with E-state index in [1.165, 1.54) is 0 Å². The summed E-state index contributed by atoms with van der Waals surface area (Å²) in [4.78, 5) is 1.04. The van der Waals surface area contributed by atoms with Crippen molar-refractivity contribution in [1.82, 2.24) is 14.3 Å². The maximum atomic E-state index is 12.3. The fraction of sp³-hybridized carbons (Fsp3) is 0.714. The van der Waals surface area contributed by atoms with Gasteiger partial charge in [-0.05, 0) is 36.8 Å². The van der Waals surface area contributed by atoms with Gasteiger partial charge in [-0.25, -0.2) is 0 Å². The normalized spacial score (nSPS) is 18.4. The van der Waals surface area contributed by atoms with Gasteiger partial charge in [-0.2, -0.15) is 17.4 Å². The highest BCUT2D eigenvalue weighted by Crippen LogP contribution is 2.19. The molecule has 21 heavy (non-hydrogen) atoms. The molecule has 5 nitrogen and oxygen atoms in total. The Balaban J connectivity index is 1.77. The van der Waals surface area contributed by atoms with Crippen molar-refractivity contribution in [3.05, 3.63) is 22.4 Å². The molecule has 1 aromatic heterocycles. The Morgan fingerprint density at radius 1 is 1.38 bits per heavy atom. The zero-order valence-electron chi connectivity index (χ0n) is 12.7. The molecule has 7 heteroatoms. The molecule has 2 heterocycles. The summed E-state index contributed by atoms with van der Waals surface area (Å²) in [6.45, 7) is 6.86. The van der Waals surface area contributed by atoms with Crippen LogP contribution in [0.25, 0.3) is 0 Å². The molecule has 2 N–H and O–H groups in total. The summed E-state index contributed by atoms with van der Waals surface area (Å²) < 4.78 is 28.8. The molecule has 0 saturated carbocycles. The lowest BCUT2D eigenvalue weighted by molar-refractivity contribution is 0.261. The van der Waals surface area contributed by atoms with Crippen LogP contribution in [-0.4, -0.2) is 38.4 Å². The average Bonchev–Trinajstić information content (AvgIpc) is 2.97. The van der Waals surface area contributed by atoms with Crippen molar-refractivity contribution in [2.24, 2.45) is 5.92 Å². The van der Waals surface area contributed by atoms with E-state index in [0.29, 0.717) is 31.6 Å². The largest absolute Gasteiger partial charge is 0.314 e. The van der Waals surface area contributed by atoms with Crippen molar-refractivity contribution in [1.29, 1.82) is 0 Å². The standard InChI is InChI=1S/C14H25N3O2S2/c1-12(2)15-10-13-5-7-17(8-6-13)21(18,19)16-11-14-4-3-9-20-14/h3-4,9,12-13,15-16H,5-8,10-11H2,1-2H3. The number of piperidine rings is 1. The summed E-state index contributed by atoms with van der Waals surface area (Å²) >= 11 is 1.57. The van der Waals surface area contributed by atoms with Gasteiger partial charge in [0, 0.05) is 30.6 Å². The van der Waals surface area contributed by atoms with Gasteiger partial charge in [-0.3, -0.25) is 0 Å². The van der Waals surface area contributed by atoms with E-state index in [9.17, 15) is 8.42 Å². The quantitative estimate of drug-likeness (QED) is 0.801. The van der Waals surface area contributed by atoms with Crippen LogP contribution in [0.2, 0.25) is 0 Å². The Morgan fingerprint density at radius 2 is 2.10 bits per heavy atom. The fourth-order valence-corrected chi connectivity index (χ4v) is 4.37. The van der Waals surface area contributed by atoms with Gasteiger partial charge in [0.1, 0.15) is 0 Å². The Kier molecular flexibility index (Phi) is 6.19. The zero-order chi connectivity index (χ0) is 15.3. The number of nitrogens with zero attached hydrogens (tertiary/aromatic N) is 1. The molecule has 1 aliphatic heterocycles. The second-order valence-electron chi connectivity index (χ2n) is 5.81. The topological polar surface area (TPSA) is 61.4 Å². The van der Waals surface area contributed by atoms with E-state index in [1.807, 2.05) is 17.5 Å². The first-order chi connectivity index (χ1) is 9.97. The van der Waals surface area contributed by atoms with E-state index in [1.54, 1.807) is 15.6 Å². The number of rotatable bonds is 7. The third-order valence-corrected chi connectivity index (χ3v) is 6.17. The first-order valence-electron chi connectivity index (χ1n) is 7.48. The SMILES string of the molecule is CC(C)NCC1CCN(S(=O)(=O)NCc2cccs2)CC1. The molecule has 1 saturated heterocycles. The molecular weight excluding hydrogens is 306 g/mol. The molecular formula is C14H25N3O2S2. The van der Waals surface area contributed by atoms with E-state index in [4.69, 9.17) is 0 Å². The highest BCUT2D eigenvalue weighted by atomic mass is 32.2. The summed E-state index contributed by atoms with van der Waals surface area (Å²) in [6.07, 6.45) is 1.86. The van der Waals surface area contributed by atoms with Crippen LogP contribution in [0.3, 0.4) is 0 Å². The van der Waals surface area contributed by atoms with Gasteiger partial charge < -0.3 is 5.32 Å². The molecule has 0 radical (unpaired) electrons. The van der Waals surface area contributed by atoms with Crippen molar-refractivity contribution in [3.8, 4) is 0 Å². The Hall–Kier alpha value is -0.470. The highest BCUT2D eigenvalue weighted by molar-refractivity contribution is 7.87. The Bertz CT molecular complexity index is 506. The minimum absolute atomic E-state index is 0.384. The van der Waals surface area contributed by atoms with Gasteiger partial charge in [0.2, 0.25) is 0 Å². The number of nitrogens with one attached hydrogen (secondary N) is 2. The predicted molar refractivity (Wildman–Crippen MR) is 87.5 cm³/mol. The smallest absolute Gasteiger partial charge is 0.279 e. The molecule has 1 aromatic rings. The number of thiophene rings is 1. The van der Waals surface area contributed by atoms with Gasteiger partial charge in [0.05, 0.1) is 0 Å². The molecule has 0 amide bonds. The molecule has 1 aliphatic rings. The maximum absolute atomic E-state index is 12.3. The van der Waals surface area contributed by atoms with E-state index in [2.05, 4.69) is 23.9 Å². The van der Waals surface area contributed by atoms with E-state index in [0.717, 1.165) is 24.3 Å². The first kappa shape index (κ1) is 16.9. The summed E-state index contributed by atoms with van der Waals surface area (Å²) in [5.74, 6) is 0.580. The summed E-state index contributed by atoms with van der Waals surface area (Å²) in [6, 6.07) is 4.36. The van der Waals surface area contributed by atoms with Crippen LogP contribution in [0.15, 0.2) is 17.5 Å². The summed E-state index contributed by atoms with van der Waals surface area (Å²) in [7, 11) is -3.34. The first-order valence-corrected chi connectivity index (χ1v) is 9.80. The second kappa shape index (κ2) is 7.69. The van der Waals surface area contributed by atoms with Crippen LogP contribution in [0.5, 0.6) is 0 Å². The second-order valence-corrected chi connectivity index (χ2v) is 8.60. The number of hydrogen-bond acceptors (Lipinski definition) is 4. The van der Waals surface area contributed by atoms with Crippen molar-refractivity contribution in [2.75, 3.05) is 19.6 Å². The molecule has 1 fully saturated rings. The minimum Gasteiger partial charge on any atom is -0.314 e. The van der Waals surface area contributed by atoms with Gasteiger partial charge in [-0.1, -0.05) is 19.9 Å². The molecule has 2 rings (SSSR count). The van der Waals surface area contributed by atoms with Crippen LogP contribution >= 0.6 is 11.3 Å². The Morgan fingerprint density at radius 3 is 2.67 bits per heavy atom. The van der Waals surface area contributed by atoms with Crippen LogP contribution in [0.4, 0.5) is 0 Å². The summed E-state index contributed by atoms with van der Waals surface area (Å²) in [5, 5.41) is 5.39. The fourth-order valence-electron chi connectivity index (χ4n) is 2.42. The summed E-state index contributed by atoms with van der Waals surface area (Å²) in [5.41, 5.74) is 0. The van der Waals surface area contributed by atoms with Gasteiger partial charge in [0.15, 0.2) is 0 Å². The molecule has 0 spiro atoms. The third-order valence-electron chi connectivity index (χ3n) is 3.74. The highest BCUT2D eigenvalue weighted by Gasteiger charge is 2.27. The Labute approximate surface area is 131 Å². The molecule has 0 aromatic carbocycles. The molecule has 0 aliphatic carbocycles. The van der Waals surface area contributed by atoms with E-state index >= 15 is 0 Å². The molecule has 120 valence electrons. The van der Waals surface area contributed by atoms with Gasteiger partial charge in [-0.15, -0.1) is 11.3 Å². The third kappa shape index (κ3) is 5.34. The molecule has 0 bridgehead atoms. The maximum Gasteiger partial charge on any atom is 0.279 e. The van der Waals surface area contributed by atoms with Crippen LogP contribution in [-0.2, 0) is 16.8 Å². The lowest BCUT2D eigenvalue weighted by Crippen LogP contribution is -2.46. The van der Waals surface area contributed by atoms with Gasteiger partial charge in [0.25, 0.3) is 10.2 Å². The number of hydrogen-bond donors (Lipinski definition) is 2. The average molecular weight is 332 g/mol. The van der Waals surface area contributed by atoms with Crippen LogP contribution in [0.1, 0.15) is 31.6 Å². The van der Waals surface area contributed by atoms with Crippen molar-refractivity contribution in [3.63, 3.8) is 0 Å². The van der Waals surface area contributed by atoms with Gasteiger partial charge >= 0.3 is 0 Å². The predicted octanol–water partition coefficient (Wildman–Crippen LogP) is 1.79. The minimum atomic E-state index is -3.34. The monoisotopic (exact) mass is 331 g/mol. The van der Waals surface area contributed by atoms with Crippen molar-refractivity contribution in [2.45, 2.75) is 39.3 Å². The zero-order valence-corrected chi connectivity index (χ0v) is 14.3. The molecule has 0 atom stereocenters. The van der Waals surface area contributed by atoms with Crippen molar-refractivity contribution >= 4 is 21.5 Å². The van der Waals surface area contributed by atoms with Crippen molar-refractivity contribution < 1.29 is 8.42 Å². The molecule has 0 unspecified atom stereocenters. The van der Waals surface area contributed by atoms with E-state index < -0.39 is 10.2 Å². The lowest BCUT2D eigenvalue weighted by atomic mass is 9.98.